The molecule has 1 aliphatic heterocycles. The second-order valence-electron chi connectivity index (χ2n) is 9.93. The van der Waals surface area contributed by atoms with Crippen molar-refractivity contribution in [3.05, 3.63) is 99.0 Å². The second-order valence-corrected chi connectivity index (χ2v) is 11.5. The summed E-state index contributed by atoms with van der Waals surface area (Å²) < 4.78 is 34.8. The number of benzene rings is 2. The summed E-state index contributed by atoms with van der Waals surface area (Å²) >= 11 is 3.14. The van der Waals surface area contributed by atoms with Gasteiger partial charge in [0.25, 0.3) is 11.8 Å². The minimum absolute atomic E-state index is 0.0147. The summed E-state index contributed by atoms with van der Waals surface area (Å²) in [5.74, 6) is -2.91. The zero-order chi connectivity index (χ0) is 30.6. The van der Waals surface area contributed by atoms with E-state index < -0.39 is 36.2 Å². The molecule has 3 N–H and O–H groups in total. The third kappa shape index (κ3) is 6.44. The molecule has 3 aromatic rings. The molecule has 0 radical (unpaired) electrons. The number of pyridine rings is 1. The van der Waals surface area contributed by atoms with Gasteiger partial charge >= 0.3 is 0 Å². The van der Waals surface area contributed by atoms with Crippen molar-refractivity contribution in [3.63, 3.8) is 0 Å². The van der Waals surface area contributed by atoms with Crippen LogP contribution < -0.4 is 20.5 Å². The molecular formula is C28H31F2N4O6PS. The number of thiol groups is 1. The summed E-state index contributed by atoms with van der Waals surface area (Å²) in [5, 5.41) is 4.41. The number of carbonyl (C=O) groups excluding carboxylic acids is 2. The molecule has 5 rings (SSSR count). The number of hydrogen-bond donors (Lipinski definition) is 4. The van der Waals surface area contributed by atoms with Crippen molar-refractivity contribution >= 4 is 31.6 Å². The van der Waals surface area contributed by atoms with Crippen molar-refractivity contribution in [3.8, 4) is 5.75 Å². The maximum atomic E-state index is 14.1. The number of fused-ring (bicyclic) bond motifs is 1. The molecule has 10 nitrogen and oxygen atoms in total. The van der Waals surface area contributed by atoms with Crippen LogP contribution in [0.15, 0.2) is 59.5 Å². The zero-order valence-electron chi connectivity index (χ0n) is 23.0. The van der Waals surface area contributed by atoms with Gasteiger partial charge in [0.1, 0.15) is 29.5 Å². The number of nitrogens with zero attached hydrogens (tertiary/aromatic N) is 3. The number of amides is 2. The van der Waals surface area contributed by atoms with Crippen molar-refractivity contribution in [2.75, 3.05) is 19.1 Å². The first-order valence-corrected chi connectivity index (χ1v) is 15.4. The Morgan fingerprint density at radius 2 is 1.74 bits per heavy atom. The van der Waals surface area contributed by atoms with E-state index in [0.717, 1.165) is 43.4 Å². The van der Waals surface area contributed by atoms with Crippen molar-refractivity contribution in [2.45, 2.75) is 44.5 Å². The van der Waals surface area contributed by atoms with Crippen LogP contribution in [0.1, 0.15) is 57.7 Å². The maximum absolute atomic E-state index is 14.1. The van der Waals surface area contributed by atoms with Gasteiger partial charge in [-0.25, -0.2) is 8.78 Å². The second kappa shape index (κ2) is 13.2. The van der Waals surface area contributed by atoms with Crippen LogP contribution in [0.3, 0.4) is 0 Å². The van der Waals surface area contributed by atoms with E-state index in [0.29, 0.717) is 0 Å². The Bertz CT molecular complexity index is 1520. The van der Waals surface area contributed by atoms with Crippen LogP contribution in [0.25, 0.3) is 0 Å². The van der Waals surface area contributed by atoms with E-state index in [1.165, 1.54) is 16.9 Å². The highest BCUT2D eigenvalue weighted by atomic mass is 32.7. The Morgan fingerprint density at radius 3 is 2.36 bits per heavy atom. The van der Waals surface area contributed by atoms with E-state index in [2.05, 4.69) is 17.6 Å². The van der Waals surface area contributed by atoms with Crippen molar-refractivity contribution in [1.82, 2.24) is 14.9 Å². The lowest BCUT2D eigenvalue weighted by Crippen LogP contribution is -2.67. The third-order valence-electron chi connectivity index (χ3n) is 7.53. The molecule has 0 atom stereocenters. The lowest BCUT2D eigenvalue weighted by molar-refractivity contribution is 0.0400. The molecule has 1 aromatic heterocycles. The lowest BCUT2D eigenvalue weighted by Gasteiger charge is -2.51. The number of halogens is 2. The lowest BCUT2D eigenvalue weighted by atomic mass is 10.0. The van der Waals surface area contributed by atoms with Crippen LogP contribution in [-0.2, 0) is 13.2 Å². The molecule has 2 aliphatic rings. The van der Waals surface area contributed by atoms with E-state index in [1.54, 1.807) is 11.9 Å². The molecule has 0 saturated heterocycles. The predicted octanol–water partition coefficient (Wildman–Crippen LogP) is 3.69. The Labute approximate surface area is 247 Å². The van der Waals surface area contributed by atoms with Crippen molar-refractivity contribution in [2.24, 2.45) is 0 Å². The summed E-state index contributed by atoms with van der Waals surface area (Å²) in [7, 11) is 1.61. The first-order valence-electron chi connectivity index (χ1n) is 13.0. The molecule has 1 aliphatic carbocycles. The van der Waals surface area contributed by atoms with Crippen LogP contribution in [0.5, 0.6) is 5.75 Å². The average Bonchev–Trinajstić information content (AvgIpc) is 3.45. The molecule has 0 bridgehead atoms. The average molecular weight is 621 g/mol. The monoisotopic (exact) mass is 620 g/mol. The van der Waals surface area contributed by atoms with E-state index in [1.807, 2.05) is 42.4 Å². The summed E-state index contributed by atoms with van der Waals surface area (Å²) in [5.41, 5.74) is -0.712. The van der Waals surface area contributed by atoms with Gasteiger partial charge in [-0.2, -0.15) is 0 Å². The van der Waals surface area contributed by atoms with Gasteiger partial charge in [-0.3, -0.25) is 24.1 Å². The van der Waals surface area contributed by atoms with E-state index in [9.17, 15) is 23.2 Å². The highest BCUT2D eigenvalue weighted by molar-refractivity contribution is 8.41. The Kier molecular flexibility index (Phi) is 9.88. The third-order valence-corrected chi connectivity index (χ3v) is 7.53. The molecule has 42 heavy (non-hydrogen) atoms. The molecule has 0 unspecified atom stereocenters. The first-order chi connectivity index (χ1) is 20.0. The van der Waals surface area contributed by atoms with Gasteiger partial charge in [-0.1, -0.05) is 48.6 Å². The molecular weight excluding hydrogens is 589 g/mol. The Hall–Kier alpha value is -3.51. The molecule has 224 valence electrons. The highest BCUT2D eigenvalue weighted by Crippen LogP contribution is 2.40. The standard InChI is InChI=1S/C28H28F2N4O4.H3O2PS/c1-32-27(37)23-25(38-17-18-8-4-3-5-9-18)24(35)21(16-34(23)33(2)28(32)12-6-7-13-28)26(36)31-15-19-10-11-20(29)14-22(19)30;1-3(2)4/h3-5,8-11,14,16H,6-7,12-13,15,17H2,1-2H3,(H,31,36);1-2,4H. The SMILES string of the molecule is CN1C(=O)c2c(OCc3ccccc3)c(=O)c(C(=O)NCc3ccc(F)cc3F)cn2N(C)C12CCCC2.OP(O)S. The van der Waals surface area contributed by atoms with Crippen LogP contribution >= 0.6 is 19.8 Å². The van der Waals surface area contributed by atoms with Crippen molar-refractivity contribution in [1.29, 1.82) is 0 Å². The number of nitrogens with one attached hydrogen (secondary N) is 1. The van der Waals surface area contributed by atoms with E-state index in [4.69, 9.17) is 14.5 Å². The molecule has 1 fully saturated rings. The number of rotatable bonds is 6. The molecule has 2 heterocycles. The van der Waals surface area contributed by atoms with E-state index in [-0.39, 0.29) is 41.6 Å². The summed E-state index contributed by atoms with van der Waals surface area (Å²) in [4.78, 5) is 57.2. The summed E-state index contributed by atoms with van der Waals surface area (Å²) in [6.45, 7) is -0.241. The fraction of sp³-hybridized carbons (Fsp3) is 0.321. The van der Waals surface area contributed by atoms with Gasteiger partial charge in [0.2, 0.25) is 13.0 Å². The van der Waals surface area contributed by atoms with Gasteiger partial charge in [0.05, 0.1) is 0 Å². The molecule has 1 spiro atoms. The van der Waals surface area contributed by atoms with Gasteiger partial charge in [-0.15, -0.1) is 0 Å². The van der Waals surface area contributed by atoms with Crippen LogP contribution in [0.2, 0.25) is 0 Å². The topological polar surface area (TPSA) is 124 Å². The smallest absolute Gasteiger partial charge is 0.278 e. The summed E-state index contributed by atoms with van der Waals surface area (Å²) in [6, 6.07) is 12.2. The quantitative estimate of drug-likeness (QED) is 0.245. The van der Waals surface area contributed by atoms with Gasteiger partial charge in [0, 0.05) is 38.5 Å². The zero-order valence-corrected chi connectivity index (χ0v) is 24.7. The van der Waals surface area contributed by atoms with E-state index >= 15 is 0 Å². The number of aromatic nitrogens is 1. The Morgan fingerprint density at radius 1 is 1.10 bits per heavy atom. The molecule has 2 amide bonds. The van der Waals surface area contributed by atoms with Crippen LogP contribution in [0, 0.1) is 11.6 Å². The fourth-order valence-corrected chi connectivity index (χ4v) is 5.34. The first kappa shape index (κ1) is 31.4. The minimum Gasteiger partial charge on any atom is -0.482 e. The molecule has 1 saturated carbocycles. The maximum Gasteiger partial charge on any atom is 0.278 e. The van der Waals surface area contributed by atoms with Gasteiger partial charge < -0.3 is 24.7 Å². The number of carbonyl (C=O) groups is 2. The molecule has 2 aromatic carbocycles. The van der Waals surface area contributed by atoms with Crippen LogP contribution in [-0.4, -0.2) is 50.9 Å². The fourth-order valence-electron chi connectivity index (χ4n) is 5.34. The van der Waals surface area contributed by atoms with Crippen molar-refractivity contribution < 1.29 is 32.9 Å². The number of ether oxygens (including phenoxy) is 1. The summed E-state index contributed by atoms with van der Waals surface area (Å²) in [6.07, 6.45) is 4.69. The molecule has 14 heteroatoms. The van der Waals surface area contributed by atoms with Gasteiger partial charge in [-0.05, 0) is 37.3 Å². The Balaban J connectivity index is 0.000000952. The number of hydrogen-bond acceptors (Lipinski definition) is 8. The highest BCUT2D eigenvalue weighted by Gasteiger charge is 2.50. The normalized spacial score (nSPS) is 15.4. The predicted molar refractivity (Wildman–Crippen MR) is 157 cm³/mol. The largest absolute Gasteiger partial charge is 0.482 e. The van der Waals surface area contributed by atoms with Crippen LogP contribution in [0.4, 0.5) is 8.78 Å². The minimum atomic E-state index is -1.93. The van der Waals surface area contributed by atoms with Gasteiger partial charge in [0.15, 0.2) is 11.4 Å².